The largest absolute Gasteiger partial charge is 0.378 e. The predicted molar refractivity (Wildman–Crippen MR) is 73.2 cm³/mol. The third-order valence-corrected chi connectivity index (χ3v) is 2.94. The smallest absolute Gasteiger partial charge is 0.129 e. The van der Waals surface area contributed by atoms with E-state index < -0.39 is 0 Å². The fourth-order valence-corrected chi connectivity index (χ4v) is 2.02. The first kappa shape index (κ1) is 12.3. The molecule has 2 rings (SSSR count). The van der Waals surface area contributed by atoms with Gasteiger partial charge in [0.25, 0.3) is 0 Å². The second-order valence-corrected chi connectivity index (χ2v) is 4.77. The number of hydrogen-bond donors (Lipinski definition) is 1. The quantitative estimate of drug-likeness (QED) is 0.876. The van der Waals surface area contributed by atoms with Crippen molar-refractivity contribution in [3.8, 4) is 0 Å². The molecule has 5 heteroatoms. The van der Waals surface area contributed by atoms with E-state index in [-0.39, 0.29) is 0 Å². The minimum absolute atomic E-state index is 0.508. The molecule has 0 fully saturated rings. The number of nitrogens with zero attached hydrogens (tertiary/aromatic N) is 2. The number of aromatic nitrogens is 2. The average molecular weight is 313 g/mol. The SMILES string of the molecule is Cc1nc(Cl)ccc1NCc1cccc(Br)n1. The summed E-state index contributed by atoms with van der Waals surface area (Å²) in [6.07, 6.45) is 0. The first-order valence-corrected chi connectivity index (χ1v) is 6.31. The number of halogens is 2. The van der Waals surface area contributed by atoms with Crippen LogP contribution in [0.1, 0.15) is 11.4 Å². The van der Waals surface area contributed by atoms with Crippen molar-refractivity contribution in [2.24, 2.45) is 0 Å². The number of hydrogen-bond acceptors (Lipinski definition) is 3. The molecule has 0 unspecified atom stereocenters. The maximum absolute atomic E-state index is 5.80. The molecule has 0 saturated heterocycles. The van der Waals surface area contributed by atoms with Gasteiger partial charge >= 0.3 is 0 Å². The van der Waals surface area contributed by atoms with E-state index in [0.29, 0.717) is 11.7 Å². The molecule has 0 radical (unpaired) electrons. The lowest BCUT2D eigenvalue weighted by molar-refractivity contribution is 1.02. The van der Waals surface area contributed by atoms with Gasteiger partial charge in [0.15, 0.2) is 0 Å². The highest BCUT2D eigenvalue weighted by Gasteiger charge is 2.01. The second kappa shape index (κ2) is 5.47. The van der Waals surface area contributed by atoms with Crippen LogP contribution in [0.15, 0.2) is 34.9 Å². The van der Waals surface area contributed by atoms with Gasteiger partial charge in [0.05, 0.1) is 23.6 Å². The third kappa shape index (κ3) is 3.41. The zero-order chi connectivity index (χ0) is 12.3. The van der Waals surface area contributed by atoms with Crippen LogP contribution in [0.2, 0.25) is 5.15 Å². The number of rotatable bonds is 3. The Balaban J connectivity index is 2.07. The molecule has 0 amide bonds. The van der Waals surface area contributed by atoms with Gasteiger partial charge in [0.2, 0.25) is 0 Å². The van der Waals surface area contributed by atoms with Crippen molar-refractivity contribution in [3.63, 3.8) is 0 Å². The van der Waals surface area contributed by atoms with Crippen molar-refractivity contribution in [2.75, 3.05) is 5.32 Å². The molecule has 0 aromatic carbocycles. The van der Waals surface area contributed by atoms with Crippen LogP contribution in [-0.4, -0.2) is 9.97 Å². The van der Waals surface area contributed by atoms with Crippen molar-refractivity contribution in [1.82, 2.24) is 9.97 Å². The summed E-state index contributed by atoms with van der Waals surface area (Å²) in [5.74, 6) is 0. The van der Waals surface area contributed by atoms with Crippen molar-refractivity contribution in [1.29, 1.82) is 0 Å². The molecule has 0 aliphatic carbocycles. The summed E-state index contributed by atoms with van der Waals surface area (Å²) in [4.78, 5) is 8.52. The van der Waals surface area contributed by atoms with Gasteiger partial charge in [-0.1, -0.05) is 17.7 Å². The molecule has 1 N–H and O–H groups in total. The second-order valence-electron chi connectivity index (χ2n) is 3.57. The normalized spacial score (nSPS) is 10.3. The average Bonchev–Trinajstić information content (AvgIpc) is 2.28. The molecule has 0 aliphatic heterocycles. The van der Waals surface area contributed by atoms with Gasteiger partial charge in [-0.2, -0.15) is 0 Å². The maximum Gasteiger partial charge on any atom is 0.129 e. The number of pyridine rings is 2. The summed E-state index contributed by atoms with van der Waals surface area (Å²) in [5, 5.41) is 3.79. The van der Waals surface area contributed by atoms with Crippen LogP contribution < -0.4 is 5.32 Å². The third-order valence-electron chi connectivity index (χ3n) is 2.28. The van der Waals surface area contributed by atoms with Crippen LogP contribution in [0, 0.1) is 6.92 Å². The van der Waals surface area contributed by atoms with Gasteiger partial charge in [-0.05, 0) is 47.1 Å². The molecule has 2 aromatic rings. The van der Waals surface area contributed by atoms with E-state index in [9.17, 15) is 0 Å². The van der Waals surface area contributed by atoms with E-state index in [1.165, 1.54) is 0 Å². The molecule has 0 spiro atoms. The zero-order valence-electron chi connectivity index (χ0n) is 9.24. The van der Waals surface area contributed by atoms with E-state index >= 15 is 0 Å². The Morgan fingerprint density at radius 2 is 2.06 bits per heavy atom. The van der Waals surface area contributed by atoms with E-state index in [0.717, 1.165) is 21.7 Å². The molecular weight excluding hydrogens is 302 g/mol. The molecular formula is C12H11BrClN3. The van der Waals surface area contributed by atoms with Gasteiger partial charge in [-0.3, -0.25) is 0 Å². The summed E-state index contributed by atoms with van der Waals surface area (Å²) in [6.45, 7) is 2.58. The minimum atomic E-state index is 0.508. The van der Waals surface area contributed by atoms with Gasteiger partial charge in [-0.25, -0.2) is 9.97 Å². The lowest BCUT2D eigenvalue weighted by Gasteiger charge is -2.08. The molecule has 0 atom stereocenters. The van der Waals surface area contributed by atoms with Crippen LogP contribution in [0.4, 0.5) is 5.69 Å². The highest BCUT2D eigenvalue weighted by Crippen LogP contribution is 2.16. The van der Waals surface area contributed by atoms with Crippen LogP contribution in [0.5, 0.6) is 0 Å². The summed E-state index contributed by atoms with van der Waals surface area (Å²) < 4.78 is 0.836. The minimum Gasteiger partial charge on any atom is -0.378 e. The Morgan fingerprint density at radius 1 is 1.24 bits per heavy atom. The van der Waals surface area contributed by atoms with E-state index in [1.807, 2.05) is 31.2 Å². The first-order valence-electron chi connectivity index (χ1n) is 5.13. The van der Waals surface area contributed by atoms with Crippen molar-refractivity contribution in [2.45, 2.75) is 13.5 Å². The first-order chi connectivity index (χ1) is 8.15. The standard InChI is InChI=1S/C12H11BrClN3/c1-8-10(5-6-12(14)16-8)15-7-9-3-2-4-11(13)17-9/h2-6,15H,7H2,1H3. The van der Waals surface area contributed by atoms with Gasteiger partial charge in [0, 0.05) is 0 Å². The number of anilines is 1. The molecule has 3 nitrogen and oxygen atoms in total. The molecule has 0 saturated carbocycles. The summed E-state index contributed by atoms with van der Waals surface area (Å²) in [5.41, 5.74) is 2.82. The lowest BCUT2D eigenvalue weighted by Crippen LogP contribution is -2.03. The van der Waals surface area contributed by atoms with E-state index in [1.54, 1.807) is 6.07 Å². The number of nitrogens with one attached hydrogen (secondary N) is 1. The van der Waals surface area contributed by atoms with Crippen molar-refractivity contribution >= 4 is 33.2 Å². The molecule has 2 heterocycles. The predicted octanol–water partition coefficient (Wildman–Crippen LogP) is 3.81. The maximum atomic E-state index is 5.80. The topological polar surface area (TPSA) is 37.8 Å². The summed E-state index contributed by atoms with van der Waals surface area (Å²) >= 11 is 9.14. The Labute approximate surface area is 113 Å². The fourth-order valence-electron chi connectivity index (χ4n) is 1.45. The summed E-state index contributed by atoms with van der Waals surface area (Å²) in [6, 6.07) is 9.52. The van der Waals surface area contributed by atoms with Gasteiger partial charge in [0.1, 0.15) is 9.76 Å². The molecule has 0 aliphatic rings. The van der Waals surface area contributed by atoms with E-state index in [2.05, 4.69) is 31.2 Å². The highest BCUT2D eigenvalue weighted by molar-refractivity contribution is 9.10. The molecule has 17 heavy (non-hydrogen) atoms. The Hall–Kier alpha value is -1.13. The summed E-state index contributed by atoms with van der Waals surface area (Å²) in [7, 11) is 0. The highest BCUT2D eigenvalue weighted by atomic mass is 79.9. The molecule has 0 bridgehead atoms. The van der Waals surface area contributed by atoms with Crippen LogP contribution >= 0.6 is 27.5 Å². The zero-order valence-corrected chi connectivity index (χ0v) is 11.6. The van der Waals surface area contributed by atoms with Gasteiger partial charge < -0.3 is 5.32 Å². The Morgan fingerprint density at radius 3 is 2.76 bits per heavy atom. The Kier molecular flexibility index (Phi) is 3.97. The molecule has 88 valence electrons. The lowest BCUT2D eigenvalue weighted by atomic mass is 10.3. The van der Waals surface area contributed by atoms with Crippen LogP contribution in [-0.2, 0) is 6.54 Å². The van der Waals surface area contributed by atoms with Crippen molar-refractivity contribution in [3.05, 3.63) is 51.5 Å². The van der Waals surface area contributed by atoms with Crippen LogP contribution in [0.25, 0.3) is 0 Å². The Bertz CT molecular complexity index is 531. The fraction of sp³-hybridized carbons (Fsp3) is 0.167. The van der Waals surface area contributed by atoms with E-state index in [4.69, 9.17) is 11.6 Å². The monoisotopic (exact) mass is 311 g/mol. The van der Waals surface area contributed by atoms with Crippen molar-refractivity contribution < 1.29 is 0 Å². The number of aryl methyl sites for hydroxylation is 1. The van der Waals surface area contributed by atoms with Gasteiger partial charge in [-0.15, -0.1) is 0 Å². The molecule has 2 aromatic heterocycles. The van der Waals surface area contributed by atoms with Crippen LogP contribution in [0.3, 0.4) is 0 Å².